The van der Waals surface area contributed by atoms with Crippen LogP contribution in [0.25, 0.3) is 0 Å². The highest BCUT2D eigenvalue weighted by atomic mass is 79.9. The second kappa shape index (κ2) is 9.83. The van der Waals surface area contributed by atoms with E-state index in [0.717, 1.165) is 11.3 Å². The molecule has 0 fully saturated rings. The summed E-state index contributed by atoms with van der Waals surface area (Å²) < 4.78 is 17.1. The number of hydrogen-bond acceptors (Lipinski definition) is 5. The lowest BCUT2D eigenvalue weighted by Gasteiger charge is -2.20. The maximum Gasteiger partial charge on any atom is 0.260 e. The van der Waals surface area contributed by atoms with Crippen LogP contribution in [0, 0.1) is 11.3 Å². The highest BCUT2D eigenvalue weighted by Gasteiger charge is 2.17. The van der Waals surface area contributed by atoms with Crippen LogP contribution in [0.4, 0.5) is 0 Å². The number of halogens is 1. The topological polar surface area (TPSA) is 71.8 Å². The number of ether oxygens (including phenoxy) is 3. The normalized spacial score (nSPS) is 10.0. The molecule has 0 aromatic heterocycles. The monoisotopic (exact) mass is 432 g/mol. The van der Waals surface area contributed by atoms with E-state index in [1.165, 1.54) is 0 Å². The molecule has 0 saturated carbocycles. The zero-order valence-electron chi connectivity index (χ0n) is 15.5. The average molecular weight is 433 g/mol. The van der Waals surface area contributed by atoms with Gasteiger partial charge in [-0.1, -0.05) is 18.2 Å². The van der Waals surface area contributed by atoms with Gasteiger partial charge in [0.2, 0.25) is 0 Å². The lowest BCUT2D eigenvalue weighted by atomic mass is 10.2. The minimum absolute atomic E-state index is 0.157. The summed E-state index contributed by atoms with van der Waals surface area (Å²) in [5.74, 6) is 1.35. The van der Waals surface area contributed by atoms with Crippen LogP contribution in [0.15, 0.2) is 40.9 Å². The summed E-state index contributed by atoms with van der Waals surface area (Å²) in [5, 5.41) is 9.08. The van der Waals surface area contributed by atoms with Gasteiger partial charge in [0, 0.05) is 25.2 Å². The van der Waals surface area contributed by atoms with Crippen molar-refractivity contribution in [1.82, 2.24) is 4.90 Å². The van der Waals surface area contributed by atoms with E-state index < -0.39 is 0 Å². The Morgan fingerprint density at radius 3 is 2.63 bits per heavy atom. The van der Waals surface area contributed by atoms with Gasteiger partial charge >= 0.3 is 0 Å². The molecule has 0 aliphatic rings. The molecule has 6 nitrogen and oxygen atoms in total. The van der Waals surface area contributed by atoms with E-state index in [1.54, 1.807) is 31.2 Å². The number of carbonyl (C=O) groups excluding carboxylic acids is 1. The molecule has 0 atom stereocenters. The van der Waals surface area contributed by atoms with E-state index in [0.29, 0.717) is 34.7 Å². The Kier molecular flexibility index (Phi) is 7.50. The maximum absolute atomic E-state index is 12.5. The number of amides is 1. The number of methoxy groups -OCH3 is 1. The van der Waals surface area contributed by atoms with E-state index in [1.807, 2.05) is 31.2 Å². The minimum atomic E-state index is -0.195. The highest BCUT2D eigenvalue weighted by Crippen LogP contribution is 2.36. The number of para-hydroxylation sites is 1. The SMILES string of the molecule is CCOc1cc(C#N)cc(Br)c1OCC(=O)N(C)Cc1ccccc1OC. The van der Waals surface area contributed by atoms with E-state index in [2.05, 4.69) is 22.0 Å². The number of rotatable bonds is 8. The van der Waals surface area contributed by atoms with Gasteiger partial charge in [0.05, 0.1) is 29.8 Å². The van der Waals surface area contributed by atoms with Gasteiger partial charge in [-0.25, -0.2) is 0 Å². The first-order chi connectivity index (χ1) is 13.0. The van der Waals surface area contributed by atoms with Crippen LogP contribution in [0.3, 0.4) is 0 Å². The van der Waals surface area contributed by atoms with Gasteiger partial charge in [-0.05, 0) is 35.0 Å². The van der Waals surface area contributed by atoms with E-state index in [4.69, 9.17) is 19.5 Å². The Morgan fingerprint density at radius 1 is 1.22 bits per heavy atom. The molecule has 0 radical (unpaired) electrons. The molecule has 0 unspecified atom stereocenters. The predicted molar refractivity (Wildman–Crippen MR) is 105 cm³/mol. The molecule has 0 spiro atoms. The Morgan fingerprint density at radius 2 is 1.96 bits per heavy atom. The van der Waals surface area contributed by atoms with Crippen LogP contribution in [0.2, 0.25) is 0 Å². The van der Waals surface area contributed by atoms with Gasteiger partial charge < -0.3 is 19.1 Å². The molecule has 142 valence electrons. The summed E-state index contributed by atoms with van der Waals surface area (Å²) in [4.78, 5) is 14.0. The fraction of sp³-hybridized carbons (Fsp3) is 0.300. The first-order valence-corrected chi connectivity index (χ1v) is 9.14. The van der Waals surface area contributed by atoms with Crippen molar-refractivity contribution in [2.45, 2.75) is 13.5 Å². The molecular weight excluding hydrogens is 412 g/mol. The van der Waals surface area contributed by atoms with Crippen molar-refractivity contribution in [2.75, 3.05) is 27.4 Å². The molecule has 2 rings (SSSR count). The van der Waals surface area contributed by atoms with Gasteiger partial charge in [0.25, 0.3) is 5.91 Å². The van der Waals surface area contributed by atoms with Crippen LogP contribution < -0.4 is 14.2 Å². The third-order valence-electron chi connectivity index (χ3n) is 3.80. The lowest BCUT2D eigenvalue weighted by Crippen LogP contribution is -2.31. The van der Waals surface area contributed by atoms with Crippen molar-refractivity contribution in [3.63, 3.8) is 0 Å². The van der Waals surface area contributed by atoms with Gasteiger partial charge in [-0.2, -0.15) is 5.26 Å². The standard InChI is InChI=1S/C20H21BrN2O4/c1-4-26-18-10-14(11-22)9-16(21)20(18)27-13-19(24)23(2)12-15-7-5-6-8-17(15)25-3/h5-10H,4,12-13H2,1-3H3. The summed E-state index contributed by atoms with van der Waals surface area (Å²) in [7, 11) is 3.30. The molecule has 0 aliphatic heterocycles. The van der Waals surface area contributed by atoms with Gasteiger partial charge in [-0.3, -0.25) is 4.79 Å². The van der Waals surface area contributed by atoms with Gasteiger partial charge in [0.15, 0.2) is 18.1 Å². The van der Waals surface area contributed by atoms with Crippen molar-refractivity contribution < 1.29 is 19.0 Å². The van der Waals surface area contributed by atoms with Gasteiger partial charge in [0.1, 0.15) is 5.75 Å². The molecule has 2 aromatic rings. The molecule has 2 aromatic carbocycles. The summed E-state index contributed by atoms with van der Waals surface area (Å²) >= 11 is 3.37. The average Bonchev–Trinajstić information content (AvgIpc) is 2.67. The van der Waals surface area contributed by atoms with Crippen LogP contribution >= 0.6 is 15.9 Å². The summed E-state index contributed by atoms with van der Waals surface area (Å²) in [6.45, 7) is 2.50. The Labute approximate surface area is 167 Å². The maximum atomic E-state index is 12.5. The Balaban J connectivity index is 2.07. The Hall–Kier alpha value is -2.72. The first kappa shape index (κ1) is 20.6. The number of nitrogens with zero attached hydrogens (tertiary/aromatic N) is 2. The van der Waals surface area contributed by atoms with Crippen molar-refractivity contribution in [1.29, 1.82) is 5.26 Å². The van der Waals surface area contributed by atoms with E-state index >= 15 is 0 Å². The molecule has 0 aliphatic carbocycles. The first-order valence-electron chi connectivity index (χ1n) is 8.35. The number of hydrogen-bond donors (Lipinski definition) is 0. The molecule has 0 saturated heterocycles. The highest BCUT2D eigenvalue weighted by molar-refractivity contribution is 9.10. The number of benzene rings is 2. The van der Waals surface area contributed by atoms with E-state index in [9.17, 15) is 4.79 Å². The third kappa shape index (κ3) is 5.38. The summed E-state index contributed by atoms with van der Waals surface area (Å²) in [6.07, 6.45) is 0. The largest absolute Gasteiger partial charge is 0.496 e. The van der Waals surface area contributed by atoms with Crippen LogP contribution in [0.5, 0.6) is 17.2 Å². The van der Waals surface area contributed by atoms with Gasteiger partial charge in [-0.15, -0.1) is 0 Å². The molecular formula is C20H21BrN2O4. The second-order valence-corrected chi connectivity index (χ2v) is 6.53. The fourth-order valence-electron chi connectivity index (χ4n) is 2.46. The molecule has 7 heteroatoms. The van der Waals surface area contributed by atoms with Crippen LogP contribution in [-0.2, 0) is 11.3 Å². The number of carbonyl (C=O) groups is 1. The molecule has 0 bridgehead atoms. The van der Waals surface area contributed by atoms with E-state index in [-0.39, 0.29) is 12.5 Å². The zero-order valence-corrected chi connectivity index (χ0v) is 17.1. The summed E-state index contributed by atoms with van der Waals surface area (Å²) in [5.41, 5.74) is 1.35. The minimum Gasteiger partial charge on any atom is -0.496 e. The molecule has 0 N–H and O–H groups in total. The number of likely N-dealkylation sites (N-methyl/N-ethyl adjacent to an activating group) is 1. The predicted octanol–water partition coefficient (Wildman–Crippen LogP) is 3.77. The molecule has 27 heavy (non-hydrogen) atoms. The summed E-state index contributed by atoms with van der Waals surface area (Å²) in [6, 6.07) is 12.8. The smallest absolute Gasteiger partial charge is 0.260 e. The Bertz CT molecular complexity index is 848. The molecule has 0 heterocycles. The lowest BCUT2D eigenvalue weighted by molar-refractivity contribution is -0.132. The quantitative estimate of drug-likeness (QED) is 0.634. The fourth-order valence-corrected chi connectivity index (χ4v) is 3.01. The van der Waals surface area contributed by atoms with Crippen molar-refractivity contribution in [3.8, 4) is 23.3 Å². The van der Waals surface area contributed by atoms with Crippen molar-refractivity contribution in [2.24, 2.45) is 0 Å². The van der Waals surface area contributed by atoms with Crippen LogP contribution in [0.1, 0.15) is 18.1 Å². The number of nitriles is 1. The zero-order chi connectivity index (χ0) is 19.8. The third-order valence-corrected chi connectivity index (χ3v) is 4.39. The second-order valence-electron chi connectivity index (χ2n) is 5.68. The van der Waals surface area contributed by atoms with Crippen molar-refractivity contribution >= 4 is 21.8 Å². The van der Waals surface area contributed by atoms with Crippen LogP contribution in [-0.4, -0.2) is 38.2 Å². The van der Waals surface area contributed by atoms with Crippen molar-refractivity contribution in [3.05, 3.63) is 52.0 Å². The molecule has 1 amide bonds.